The van der Waals surface area contributed by atoms with Gasteiger partial charge in [0.2, 0.25) is 0 Å². The molecule has 3 nitrogen and oxygen atoms in total. The van der Waals surface area contributed by atoms with Crippen molar-refractivity contribution in [3.63, 3.8) is 0 Å². The predicted octanol–water partition coefficient (Wildman–Crippen LogP) is 9.10. The summed E-state index contributed by atoms with van der Waals surface area (Å²) >= 11 is 0. The van der Waals surface area contributed by atoms with Crippen LogP contribution in [0.4, 0.5) is 17.1 Å². The number of anilines is 3. The van der Waals surface area contributed by atoms with Gasteiger partial charge in [0.05, 0.1) is 0 Å². The second-order valence-corrected chi connectivity index (χ2v) is 8.72. The van der Waals surface area contributed by atoms with Gasteiger partial charge in [0.1, 0.15) is 5.75 Å². The third kappa shape index (κ3) is 6.58. The maximum absolute atomic E-state index is 9.84. The molecule has 0 spiro atoms. The molecule has 3 heteroatoms. The Morgan fingerprint density at radius 3 is 1.89 bits per heavy atom. The molecule has 190 valence electrons. The van der Waals surface area contributed by atoms with Crippen LogP contribution in [0.3, 0.4) is 0 Å². The summed E-state index contributed by atoms with van der Waals surface area (Å²) in [6.07, 6.45) is 7.52. The Balaban J connectivity index is 1.71. The molecular weight excluding hydrogens is 466 g/mol. The zero-order chi connectivity index (χ0) is 26.7. The molecule has 0 aliphatic carbocycles. The van der Waals surface area contributed by atoms with E-state index in [9.17, 15) is 5.11 Å². The molecule has 0 radical (unpaired) electrons. The van der Waals surface area contributed by atoms with Crippen LogP contribution in [0.5, 0.6) is 5.75 Å². The summed E-state index contributed by atoms with van der Waals surface area (Å²) in [5.74, 6) is 0.635. The van der Waals surface area contributed by atoms with Crippen molar-refractivity contribution >= 4 is 28.7 Å². The molecule has 1 atom stereocenters. The molecule has 0 bridgehead atoms. The minimum absolute atomic E-state index is 0.530. The number of rotatable bonds is 11. The third-order valence-corrected chi connectivity index (χ3v) is 6.11. The van der Waals surface area contributed by atoms with Gasteiger partial charge in [-0.05, 0) is 76.9 Å². The van der Waals surface area contributed by atoms with Crippen LogP contribution in [0.25, 0.3) is 11.6 Å². The van der Waals surface area contributed by atoms with Gasteiger partial charge in [0.15, 0.2) is 6.29 Å². The first-order valence-electron chi connectivity index (χ1n) is 12.8. The number of hydrogen-bond acceptors (Lipinski definition) is 3. The minimum Gasteiger partial charge on any atom is -0.465 e. The third-order valence-electron chi connectivity index (χ3n) is 6.11. The van der Waals surface area contributed by atoms with Gasteiger partial charge in [-0.2, -0.15) is 0 Å². The first-order chi connectivity index (χ1) is 18.6. The van der Waals surface area contributed by atoms with Crippen molar-refractivity contribution in [2.24, 2.45) is 0 Å². The zero-order valence-corrected chi connectivity index (χ0v) is 21.7. The number of nitrogens with zero attached hydrogens (tertiary/aromatic N) is 1. The Morgan fingerprint density at radius 2 is 1.34 bits per heavy atom. The van der Waals surface area contributed by atoms with Crippen LogP contribution in [0.1, 0.15) is 24.5 Å². The summed E-state index contributed by atoms with van der Waals surface area (Å²) < 4.78 is 5.56. The maximum Gasteiger partial charge on any atom is 0.197 e. The number of para-hydroxylation sites is 1. The minimum atomic E-state index is -0.810. The Labute approximate surface area is 226 Å². The molecule has 0 fully saturated rings. The number of aliphatic hydroxyl groups excluding tert-OH is 1. The highest BCUT2D eigenvalue weighted by Gasteiger charge is 2.13. The number of hydrogen-bond donors (Lipinski definition) is 1. The Kier molecular flexibility index (Phi) is 9.12. The van der Waals surface area contributed by atoms with Crippen LogP contribution in [-0.4, -0.2) is 11.4 Å². The van der Waals surface area contributed by atoms with E-state index in [0.29, 0.717) is 12.2 Å². The molecule has 0 saturated carbocycles. The lowest BCUT2D eigenvalue weighted by Gasteiger charge is -2.26. The van der Waals surface area contributed by atoms with Crippen LogP contribution in [0, 0.1) is 0 Å². The summed E-state index contributed by atoms with van der Waals surface area (Å²) in [7, 11) is 0. The summed E-state index contributed by atoms with van der Waals surface area (Å²) in [5.41, 5.74) is 7.36. The highest BCUT2D eigenvalue weighted by Crippen LogP contribution is 2.36. The lowest BCUT2D eigenvalue weighted by Crippen LogP contribution is -2.14. The summed E-state index contributed by atoms with van der Waals surface area (Å²) in [6.45, 7) is 9.76. The van der Waals surface area contributed by atoms with Gasteiger partial charge in [0.25, 0.3) is 0 Å². The van der Waals surface area contributed by atoms with Gasteiger partial charge < -0.3 is 14.7 Å². The SMILES string of the molecule is C=C/C=C(\C=C)C(=Cc1ccc(N(c2ccccc2)c2ccc(OC(O)CC)cc2)cc1)c1ccccc1. The second kappa shape index (κ2) is 13.1. The van der Waals surface area contributed by atoms with E-state index in [1.807, 2.05) is 79.7 Å². The molecule has 0 aliphatic heterocycles. The van der Waals surface area contributed by atoms with E-state index in [1.165, 1.54) is 0 Å². The first kappa shape index (κ1) is 26.5. The van der Waals surface area contributed by atoms with Crippen molar-refractivity contribution in [1.29, 1.82) is 0 Å². The zero-order valence-electron chi connectivity index (χ0n) is 21.7. The standard InChI is InChI=1S/C35H33NO2/c1-4-13-28(5-2)34(29-14-9-7-10-15-29)26-27-18-20-31(21-19-27)36(30-16-11-8-12-17-30)32-22-24-33(25-23-32)38-35(37)6-3/h4-5,7-26,35,37H,1-2,6H2,3H3/b28-13+,34-26?. The van der Waals surface area contributed by atoms with E-state index in [0.717, 1.165) is 39.3 Å². The smallest absolute Gasteiger partial charge is 0.197 e. The molecule has 4 aromatic rings. The number of benzene rings is 4. The Morgan fingerprint density at radius 1 is 0.789 bits per heavy atom. The molecule has 38 heavy (non-hydrogen) atoms. The Bertz CT molecular complexity index is 1390. The fraction of sp³-hybridized carbons (Fsp3) is 0.0857. The monoisotopic (exact) mass is 499 g/mol. The van der Waals surface area contributed by atoms with E-state index < -0.39 is 6.29 Å². The number of ether oxygens (including phenoxy) is 1. The van der Waals surface area contributed by atoms with Crippen molar-refractivity contribution in [2.45, 2.75) is 19.6 Å². The van der Waals surface area contributed by atoms with Gasteiger partial charge in [-0.15, -0.1) is 0 Å². The van der Waals surface area contributed by atoms with E-state index >= 15 is 0 Å². The van der Waals surface area contributed by atoms with Gasteiger partial charge in [-0.25, -0.2) is 0 Å². The fourth-order valence-corrected chi connectivity index (χ4v) is 4.17. The molecule has 0 amide bonds. The van der Waals surface area contributed by atoms with Crippen molar-refractivity contribution < 1.29 is 9.84 Å². The summed E-state index contributed by atoms with van der Waals surface area (Å²) in [4.78, 5) is 2.19. The van der Waals surface area contributed by atoms with Gasteiger partial charge in [0, 0.05) is 23.5 Å². The average Bonchev–Trinajstić information content (AvgIpc) is 2.97. The Hall–Kier alpha value is -4.60. The maximum atomic E-state index is 9.84. The van der Waals surface area contributed by atoms with E-state index in [4.69, 9.17) is 4.74 Å². The van der Waals surface area contributed by atoms with Gasteiger partial charge in [-0.3, -0.25) is 0 Å². The largest absolute Gasteiger partial charge is 0.465 e. The molecule has 0 aliphatic rings. The van der Waals surface area contributed by atoms with Crippen LogP contribution in [0.2, 0.25) is 0 Å². The molecule has 0 heterocycles. The van der Waals surface area contributed by atoms with E-state index in [-0.39, 0.29) is 0 Å². The van der Waals surface area contributed by atoms with E-state index in [2.05, 4.69) is 72.7 Å². The average molecular weight is 500 g/mol. The van der Waals surface area contributed by atoms with E-state index in [1.54, 1.807) is 6.08 Å². The van der Waals surface area contributed by atoms with Crippen molar-refractivity contribution in [3.8, 4) is 5.75 Å². The quantitative estimate of drug-likeness (QED) is 0.127. The topological polar surface area (TPSA) is 32.7 Å². The highest BCUT2D eigenvalue weighted by molar-refractivity contribution is 5.93. The normalized spacial score (nSPS) is 12.5. The highest BCUT2D eigenvalue weighted by atomic mass is 16.6. The van der Waals surface area contributed by atoms with Crippen molar-refractivity contribution in [1.82, 2.24) is 0 Å². The molecule has 4 aromatic carbocycles. The molecular formula is C35H33NO2. The number of allylic oxidation sites excluding steroid dienone is 5. The van der Waals surface area contributed by atoms with Crippen LogP contribution >= 0.6 is 0 Å². The lowest BCUT2D eigenvalue weighted by molar-refractivity contribution is -0.0191. The molecule has 0 saturated heterocycles. The number of aliphatic hydroxyl groups is 1. The summed E-state index contributed by atoms with van der Waals surface area (Å²) in [5, 5.41) is 9.84. The fourth-order valence-electron chi connectivity index (χ4n) is 4.17. The van der Waals surface area contributed by atoms with Crippen LogP contribution in [0.15, 0.2) is 146 Å². The predicted molar refractivity (Wildman–Crippen MR) is 161 cm³/mol. The van der Waals surface area contributed by atoms with Gasteiger partial charge >= 0.3 is 0 Å². The van der Waals surface area contributed by atoms with Crippen LogP contribution < -0.4 is 9.64 Å². The van der Waals surface area contributed by atoms with Crippen LogP contribution in [-0.2, 0) is 0 Å². The molecule has 1 N–H and O–H groups in total. The molecule has 0 aromatic heterocycles. The summed E-state index contributed by atoms with van der Waals surface area (Å²) in [6, 6.07) is 36.8. The molecule has 4 rings (SSSR count). The van der Waals surface area contributed by atoms with Gasteiger partial charge in [-0.1, -0.05) is 99.0 Å². The second-order valence-electron chi connectivity index (χ2n) is 8.72. The lowest BCUT2D eigenvalue weighted by atomic mass is 9.95. The van der Waals surface area contributed by atoms with Crippen molar-refractivity contribution in [2.75, 3.05) is 4.90 Å². The van der Waals surface area contributed by atoms with Crippen molar-refractivity contribution in [3.05, 3.63) is 157 Å². The molecule has 1 unspecified atom stereocenters. The first-order valence-corrected chi connectivity index (χ1v) is 12.8.